The Morgan fingerprint density at radius 2 is 1.74 bits per heavy atom. The number of hydrogen-bond donors (Lipinski definition) is 0. The second kappa shape index (κ2) is 8.82. The molecule has 0 aromatic heterocycles. The molecule has 0 aliphatic carbocycles. The number of nitriles is 1. The van der Waals surface area contributed by atoms with Crippen LogP contribution in [0, 0.1) is 11.3 Å². The van der Waals surface area contributed by atoms with Crippen LogP contribution in [0.5, 0.6) is 17.2 Å². The summed E-state index contributed by atoms with van der Waals surface area (Å²) in [6, 6.07) is 15.5. The van der Waals surface area contributed by atoms with Crippen molar-refractivity contribution in [3.05, 3.63) is 58.6 Å². The van der Waals surface area contributed by atoms with Gasteiger partial charge < -0.3 is 19.1 Å². The highest BCUT2D eigenvalue weighted by Gasteiger charge is 2.38. The number of allylic oxidation sites excluding steroid dienone is 1. The largest absolute Gasteiger partial charge is 0.497 e. The van der Waals surface area contributed by atoms with Gasteiger partial charge >= 0.3 is 0 Å². The van der Waals surface area contributed by atoms with E-state index in [4.69, 9.17) is 14.2 Å². The van der Waals surface area contributed by atoms with E-state index >= 15 is 0 Å². The summed E-state index contributed by atoms with van der Waals surface area (Å²) >= 11 is 1.50. The van der Waals surface area contributed by atoms with Gasteiger partial charge in [0.05, 0.1) is 56.2 Å². The first-order valence-corrected chi connectivity index (χ1v) is 10.8. The van der Waals surface area contributed by atoms with Gasteiger partial charge in [-0.15, -0.1) is 0 Å². The highest BCUT2D eigenvalue weighted by atomic mass is 32.2. The van der Waals surface area contributed by atoms with Gasteiger partial charge in [0.25, 0.3) is 0 Å². The fourth-order valence-corrected chi connectivity index (χ4v) is 5.04. The second-order valence-corrected chi connectivity index (χ2v) is 8.11. The zero-order chi connectivity index (χ0) is 22.0. The van der Waals surface area contributed by atoms with Crippen LogP contribution in [0.1, 0.15) is 17.9 Å². The summed E-state index contributed by atoms with van der Waals surface area (Å²) in [5, 5.41) is 10.7. The molecule has 2 heterocycles. The van der Waals surface area contributed by atoms with E-state index in [9.17, 15) is 10.1 Å². The molecule has 0 N–H and O–H groups in total. The summed E-state index contributed by atoms with van der Waals surface area (Å²) in [6.45, 7) is 0.365. The molecular weight excluding hydrogens is 414 g/mol. The minimum Gasteiger partial charge on any atom is -0.497 e. The Balaban J connectivity index is 1.64. The fourth-order valence-electron chi connectivity index (χ4n) is 3.88. The standard InChI is InChI=1S/C23H23N3O4S/c1-28-16-6-4-15(5-7-16)18-11-22(27)26-13-25(14-31-23(26)19(18)12-24)20-9-8-17(29-2)10-21(20)30-3/h4-10,18H,11,13-14H2,1-3H3/t18-/m1/s1. The van der Waals surface area contributed by atoms with Crippen molar-refractivity contribution in [2.45, 2.75) is 12.3 Å². The molecule has 2 aliphatic heterocycles. The van der Waals surface area contributed by atoms with Gasteiger partial charge in [-0.1, -0.05) is 23.9 Å². The Kier molecular flexibility index (Phi) is 5.96. The highest BCUT2D eigenvalue weighted by Crippen LogP contribution is 2.44. The van der Waals surface area contributed by atoms with Crippen LogP contribution in [0.3, 0.4) is 0 Å². The first-order chi connectivity index (χ1) is 15.1. The van der Waals surface area contributed by atoms with Crippen molar-refractivity contribution in [1.29, 1.82) is 5.26 Å². The topological polar surface area (TPSA) is 75.0 Å². The van der Waals surface area contributed by atoms with Crippen molar-refractivity contribution >= 4 is 23.4 Å². The molecule has 0 saturated carbocycles. The first-order valence-electron chi connectivity index (χ1n) is 9.78. The summed E-state index contributed by atoms with van der Waals surface area (Å²) in [5.41, 5.74) is 2.45. The van der Waals surface area contributed by atoms with E-state index in [2.05, 4.69) is 11.0 Å². The third kappa shape index (κ3) is 3.89. The number of hydrogen-bond acceptors (Lipinski definition) is 7. The van der Waals surface area contributed by atoms with Crippen LogP contribution in [-0.2, 0) is 4.79 Å². The van der Waals surface area contributed by atoms with Gasteiger partial charge in [0, 0.05) is 18.4 Å². The maximum absolute atomic E-state index is 13.1. The molecule has 1 amide bonds. The molecule has 0 unspecified atom stereocenters. The number of benzene rings is 2. The van der Waals surface area contributed by atoms with Gasteiger partial charge in [0.1, 0.15) is 17.2 Å². The Bertz CT molecular complexity index is 1060. The van der Waals surface area contributed by atoms with Crippen molar-refractivity contribution in [1.82, 2.24) is 4.90 Å². The molecular formula is C23H23N3O4S. The van der Waals surface area contributed by atoms with Gasteiger partial charge in [0.15, 0.2) is 0 Å². The molecule has 0 bridgehead atoms. The van der Waals surface area contributed by atoms with E-state index in [1.165, 1.54) is 11.8 Å². The van der Waals surface area contributed by atoms with E-state index in [1.54, 1.807) is 26.2 Å². The molecule has 160 valence electrons. The van der Waals surface area contributed by atoms with Crippen LogP contribution in [0.25, 0.3) is 0 Å². The van der Waals surface area contributed by atoms with E-state index in [0.29, 0.717) is 29.6 Å². The van der Waals surface area contributed by atoms with Crippen LogP contribution < -0.4 is 19.1 Å². The monoisotopic (exact) mass is 437 g/mol. The third-order valence-electron chi connectivity index (χ3n) is 5.54. The number of ether oxygens (including phenoxy) is 3. The quantitative estimate of drug-likeness (QED) is 0.701. The smallest absolute Gasteiger partial charge is 0.229 e. The van der Waals surface area contributed by atoms with Crippen molar-refractivity contribution in [3.8, 4) is 23.3 Å². The average molecular weight is 438 g/mol. The van der Waals surface area contributed by atoms with Crippen LogP contribution in [0.15, 0.2) is 53.1 Å². The number of carbonyl (C=O) groups excluding carboxylic acids is 1. The Morgan fingerprint density at radius 1 is 1.03 bits per heavy atom. The lowest BCUT2D eigenvalue weighted by Gasteiger charge is -2.42. The average Bonchev–Trinajstić information content (AvgIpc) is 2.83. The molecule has 2 aromatic rings. The lowest BCUT2D eigenvalue weighted by molar-refractivity contribution is -0.129. The van der Waals surface area contributed by atoms with E-state index in [-0.39, 0.29) is 18.2 Å². The van der Waals surface area contributed by atoms with Crippen molar-refractivity contribution in [3.63, 3.8) is 0 Å². The van der Waals surface area contributed by atoms with Gasteiger partial charge in [-0.2, -0.15) is 5.26 Å². The summed E-state index contributed by atoms with van der Waals surface area (Å²) in [6.07, 6.45) is 0.257. The lowest BCUT2D eigenvalue weighted by atomic mass is 9.86. The third-order valence-corrected chi connectivity index (χ3v) is 6.69. The highest BCUT2D eigenvalue weighted by molar-refractivity contribution is 8.03. The molecule has 8 heteroatoms. The number of methoxy groups -OCH3 is 3. The summed E-state index contributed by atoms with van der Waals surface area (Å²) in [4.78, 5) is 16.9. The molecule has 1 atom stereocenters. The maximum Gasteiger partial charge on any atom is 0.229 e. The van der Waals surface area contributed by atoms with Crippen LogP contribution >= 0.6 is 11.8 Å². The SMILES string of the molecule is COc1ccc([C@H]2CC(=O)N3CN(c4ccc(OC)cc4OC)CSC3=C2C#N)cc1. The number of rotatable bonds is 5. The minimum atomic E-state index is -0.246. The van der Waals surface area contributed by atoms with Crippen molar-refractivity contribution in [2.75, 3.05) is 38.8 Å². The van der Waals surface area contributed by atoms with Crippen LogP contribution in [0.4, 0.5) is 5.69 Å². The molecule has 31 heavy (non-hydrogen) atoms. The maximum atomic E-state index is 13.1. The summed E-state index contributed by atoms with van der Waals surface area (Å²) in [5.74, 6) is 2.48. The van der Waals surface area contributed by atoms with Gasteiger partial charge in [-0.05, 0) is 29.8 Å². The molecule has 1 saturated heterocycles. The molecule has 0 spiro atoms. The van der Waals surface area contributed by atoms with Crippen LogP contribution in [0.2, 0.25) is 0 Å². The van der Waals surface area contributed by atoms with Crippen molar-refractivity contribution in [2.24, 2.45) is 0 Å². The van der Waals surface area contributed by atoms with Crippen molar-refractivity contribution < 1.29 is 19.0 Å². The van der Waals surface area contributed by atoms with E-state index in [0.717, 1.165) is 22.0 Å². The Morgan fingerprint density at radius 3 is 2.39 bits per heavy atom. The number of fused-ring (bicyclic) bond motifs is 1. The Labute approximate surface area is 185 Å². The first kappa shape index (κ1) is 20.9. The van der Waals surface area contributed by atoms with E-state index < -0.39 is 0 Å². The zero-order valence-corrected chi connectivity index (χ0v) is 18.4. The molecule has 4 rings (SSSR count). The molecule has 2 aromatic carbocycles. The fraction of sp³-hybridized carbons (Fsp3) is 0.304. The normalized spacial score (nSPS) is 18.4. The molecule has 7 nitrogen and oxygen atoms in total. The number of thioether (sulfide) groups is 1. The van der Waals surface area contributed by atoms with Gasteiger partial charge in [-0.25, -0.2) is 0 Å². The minimum absolute atomic E-state index is 0.000466. The predicted octanol–water partition coefficient (Wildman–Crippen LogP) is 3.93. The Hall–Kier alpha value is -3.31. The number of amides is 1. The summed E-state index contributed by atoms with van der Waals surface area (Å²) in [7, 11) is 4.83. The van der Waals surface area contributed by atoms with Gasteiger partial charge in [-0.3, -0.25) is 9.69 Å². The number of nitrogens with zero attached hydrogens (tertiary/aromatic N) is 3. The van der Waals surface area contributed by atoms with E-state index in [1.807, 2.05) is 42.5 Å². The second-order valence-electron chi connectivity index (χ2n) is 7.17. The number of carbonyl (C=O) groups is 1. The zero-order valence-electron chi connectivity index (χ0n) is 17.6. The van der Waals surface area contributed by atoms with Crippen LogP contribution in [-0.4, -0.2) is 44.7 Å². The molecule has 0 radical (unpaired) electrons. The molecule has 1 fully saturated rings. The number of anilines is 1. The van der Waals surface area contributed by atoms with Gasteiger partial charge in [0.2, 0.25) is 5.91 Å². The lowest BCUT2D eigenvalue weighted by Crippen LogP contribution is -2.47. The summed E-state index contributed by atoms with van der Waals surface area (Å²) < 4.78 is 16.0. The predicted molar refractivity (Wildman–Crippen MR) is 119 cm³/mol. The molecule has 2 aliphatic rings.